The van der Waals surface area contributed by atoms with Crippen LogP contribution in [0, 0.1) is 0 Å². The SMILES string of the molecule is COc1cccc(Nc2nnc(SCC(=O)N3CCC[C@H](c4nc5ccccc5s4)C3)s2)c1. The van der Waals surface area contributed by atoms with Crippen LogP contribution in [-0.4, -0.2) is 51.9 Å². The number of carbonyl (C=O) groups excluding carboxylic acids is 1. The number of fused-ring (bicyclic) bond motifs is 1. The molecule has 1 aliphatic rings. The molecule has 1 saturated heterocycles. The maximum Gasteiger partial charge on any atom is 0.233 e. The average Bonchev–Trinajstić information content (AvgIpc) is 3.49. The van der Waals surface area contributed by atoms with Crippen molar-refractivity contribution in [3.05, 3.63) is 53.5 Å². The number of nitrogens with one attached hydrogen (secondary N) is 1. The molecular weight excluding hydrogens is 474 g/mol. The molecule has 4 aromatic rings. The number of anilines is 2. The third-order valence-corrected chi connectivity index (χ3v) is 8.64. The topological polar surface area (TPSA) is 80.2 Å². The Hall–Kier alpha value is -2.69. The molecular formula is C23H23N5O2S3. The summed E-state index contributed by atoms with van der Waals surface area (Å²) >= 11 is 4.63. The molecule has 2 aromatic heterocycles. The van der Waals surface area contributed by atoms with Crippen molar-refractivity contribution in [3.63, 3.8) is 0 Å². The molecule has 3 heterocycles. The monoisotopic (exact) mass is 497 g/mol. The predicted molar refractivity (Wildman–Crippen MR) is 135 cm³/mol. The highest BCUT2D eigenvalue weighted by atomic mass is 32.2. The third-order valence-electron chi connectivity index (χ3n) is 5.48. The molecule has 0 aliphatic carbocycles. The Labute approximate surface area is 204 Å². The largest absolute Gasteiger partial charge is 0.497 e. The van der Waals surface area contributed by atoms with Gasteiger partial charge >= 0.3 is 0 Å². The quantitative estimate of drug-likeness (QED) is 0.343. The van der Waals surface area contributed by atoms with Gasteiger partial charge < -0.3 is 15.0 Å². The van der Waals surface area contributed by atoms with Gasteiger partial charge in [0.25, 0.3) is 0 Å². The zero-order valence-corrected chi connectivity index (χ0v) is 20.5. The van der Waals surface area contributed by atoms with Crippen LogP contribution in [0.5, 0.6) is 5.75 Å². The number of thioether (sulfide) groups is 1. The second-order valence-electron chi connectivity index (χ2n) is 7.72. The number of para-hydroxylation sites is 1. The van der Waals surface area contributed by atoms with Gasteiger partial charge in [0, 0.05) is 30.8 Å². The van der Waals surface area contributed by atoms with E-state index in [1.54, 1.807) is 18.4 Å². The van der Waals surface area contributed by atoms with E-state index >= 15 is 0 Å². The van der Waals surface area contributed by atoms with Gasteiger partial charge in [0.05, 0.1) is 28.1 Å². The maximum absolute atomic E-state index is 12.9. The summed E-state index contributed by atoms with van der Waals surface area (Å²) in [6, 6.07) is 15.9. The number of hydrogen-bond acceptors (Lipinski definition) is 9. The molecule has 0 bridgehead atoms. The maximum atomic E-state index is 12.9. The molecule has 5 rings (SSSR count). The van der Waals surface area contributed by atoms with Gasteiger partial charge in [0.15, 0.2) is 4.34 Å². The number of methoxy groups -OCH3 is 1. The first kappa shape index (κ1) is 22.1. The highest BCUT2D eigenvalue weighted by molar-refractivity contribution is 8.01. The lowest BCUT2D eigenvalue weighted by molar-refractivity contribution is -0.129. The van der Waals surface area contributed by atoms with Crippen LogP contribution in [-0.2, 0) is 4.79 Å². The summed E-state index contributed by atoms with van der Waals surface area (Å²) < 4.78 is 7.23. The summed E-state index contributed by atoms with van der Waals surface area (Å²) in [7, 11) is 1.64. The van der Waals surface area contributed by atoms with Gasteiger partial charge in [-0.15, -0.1) is 21.5 Å². The zero-order valence-electron chi connectivity index (χ0n) is 18.1. The fraction of sp³-hybridized carbons (Fsp3) is 0.304. The van der Waals surface area contributed by atoms with E-state index in [4.69, 9.17) is 9.72 Å². The Kier molecular flexibility index (Phi) is 6.75. The Bertz CT molecular complexity index is 1220. The summed E-state index contributed by atoms with van der Waals surface area (Å²) in [5, 5.41) is 13.5. The normalized spacial score (nSPS) is 16.2. The molecule has 1 amide bonds. The Morgan fingerprint density at radius 3 is 3.00 bits per heavy atom. The first-order valence-corrected chi connectivity index (χ1v) is 13.3. The van der Waals surface area contributed by atoms with Crippen LogP contribution in [0.4, 0.5) is 10.8 Å². The van der Waals surface area contributed by atoms with Crippen molar-refractivity contribution in [2.75, 3.05) is 31.3 Å². The minimum absolute atomic E-state index is 0.142. The first-order valence-electron chi connectivity index (χ1n) is 10.7. The zero-order chi connectivity index (χ0) is 22.6. The van der Waals surface area contributed by atoms with Crippen molar-refractivity contribution in [2.24, 2.45) is 0 Å². The molecule has 33 heavy (non-hydrogen) atoms. The van der Waals surface area contributed by atoms with Crippen LogP contribution < -0.4 is 10.1 Å². The van der Waals surface area contributed by atoms with E-state index in [0.717, 1.165) is 52.2 Å². The second-order valence-corrected chi connectivity index (χ2v) is 11.0. The van der Waals surface area contributed by atoms with Crippen molar-refractivity contribution in [3.8, 4) is 5.75 Å². The number of likely N-dealkylation sites (tertiary alicyclic amines) is 1. The number of thiazole rings is 1. The number of amides is 1. The van der Waals surface area contributed by atoms with Crippen LogP contribution >= 0.6 is 34.4 Å². The molecule has 0 unspecified atom stereocenters. The lowest BCUT2D eigenvalue weighted by Crippen LogP contribution is -2.40. The van der Waals surface area contributed by atoms with Crippen LogP contribution in [0.2, 0.25) is 0 Å². The van der Waals surface area contributed by atoms with Gasteiger partial charge in [-0.3, -0.25) is 4.79 Å². The van der Waals surface area contributed by atoms with Crippen LogP contribution in [0.3, 0.4) is 0 Å². The summed E-state index contributed by atoms with van der Waals surface area (Å²) in [4.78, 5) is 19.7. The van der Waals surface area contributed by atoms with Crippen LogP contribution in [0.15, 0.2) is 52.9 Å². The van der Waals surface area contributed by atoms with Crippen molar-refractivity contribution in [2.45, 2.75) is 23.1 Å². The van der Waals surface area contributed by atoms with Crippen LogP contribution in [0.1, 0.15) is 23.8 Å². The minimum atomic E-state index is 0.142. The van der Waals surface area contributed by atoms with E-state index in [1.807, 2.05) is 41.3 Å². The number of hydrogen-bond donors (Lipinski definition) is 1. The molecule has 0 radical (unpaired) electrons. The second kappa shape index (κ2) is 10.1. The van der Waals surface area contributed by atoms with Gasteiger partial charge in [-0.2, -0.15) is 0 Å². The third kappa shape index (κ3) is 5.29. The van der Waals surface area contributed by atoms with Gasteiger partial charge in [0.2, 0.25) is 11.0 Å². The van der Waals surface area contributed by atoms with Gasteiger partial charge in [-0.05, 0) is 37.1 Å². The number of ether oxygens (including phenoxy) is 1. The Morgan fingerprint density at radius 1 is 1.21 bits per heavy atom. The minimum Gasteiger partial charge on any atom is -0.497 e. The fourth-order valence-corrected chi connectivity index (χ4v) is 6.60. The van der Waals surface area contributed by atoms with Crippen molar-refractivity contribution >= 4 is 61.4 Å². The molecule has 0 spiro atoms. The lowest BCUT2D eigenvalue weighted by Gasteiger charge is -2.31. The summed E-state index contributed by atoms with van der Waals surface area (Å²) in [6.45, 7) is 1.54. The molecule has 170 valence electrons. The van der Waals surface area contributed by atoms with E-state index in [-0.39, 0.29) is 5.91 Å². The van der Waals surface area contributed by atoms with E-state index in [0.29, 0.717) is 16.8 Å². The molecule has 2 aromatic carbocycles. The molecule has 1 atom stereocenters. The van der Waals surface area contributed by atoms with Gasteiger partial charge in [0.1, 0.15) is 5.75 Å². The van der Waals surface area contributed by atoms with E-state index < -0.39 is 0 Å². The van der Waals surface area contributed by atoms with E-state index in [9.17, 15) is 4.79 Å². The predicted octanol–water partition coefficient (Wildman–Crippen LogP) is 5.40. The summed E-state index contributed by atoms with van der Waals surface area (Å²) in [6.07, 6.45) is 2.08. The first-order chi connectivity index (χ1) is 16.2. The van der Waals surface area contributed by atoms with Crippen molar-refractivity contribution < 1.29 is 9.53 Å². The van der Waals surface area contributed by atoms with E-state index in [2.05, 4.69) is 27.6 Å². The standard InChI is InChI=1S/C23H23N5O2S3/c1-30-17-8-4-7-16(12-17)24-22-26-27-23(33-22)31-14-20(29)28-11-5-6-15(13-28)21-25-18-9-2-3-10-19(18)32-21/h2-4,7-10,12,15H,5-6,11,13-14H2,1H3,(H,24,26)/t15-/m0/s1. The Morgan fingerprint density at radius 2 is 2.12 bits per heavy atom. The highest BCUT2D eigenvalue weighted by Gasteiger charge is 2.27. The lowest BCUT2D eigenvalue weighted by atomic mass is 9.99. The van der Waals surface area contributed by atoms with Crippen molar-refractivity contribution in [1.82, 2.24) is 20.1 Å². The number of piperidine rings is 1. The summed E-state index contributed by atoms with van der Waals surface area (Å²) in [5.74, 6) is 1.59. The van der Waals surface area contributed by atoms with Crippen molar-refractivity contribution in [1.29, 1.82) is 0 Å². The molecule has 1 aliphatic heterocycles. The molecule has 7 nitrogen and oxygen atoms in total. The van der Waals surface area contributed by atoms with E-state index in [1.165, 1.54) is 27.8 Å². The number of rotatable bonds is 7. The van der Waals surface area contributed by atoms with Crippen LogP contribution in [0.25, 0.3) is 10.2 Å². The Balaban J connectivity index is 1.16. The number of benzene rings is 2. The molecule has 1 fully saturated rings. The number of nitrogens with zero attached hydrogens (tertiary/aromatic N) is 4. The highest BCUT2D eigenvalue weighted by Crippen LogP contribution is 2.34. The molecule has 1 N–H and O–H groups in total. The van der Waals surface area contributed by atoms with Gasteiger partial charge in [-0.1, -0.05) is 41.3 Å². The number of carbonyl (C=O) groups is 1. The summed E-state index contributed by atoms with van der Waals surface area (Å²) in [5.41, 5.74) is 1.93. The fourth-order valence-electron chi connectivity index (χ4n) is 3.83. The molecule has 0 saturated carbocycles. The van der Waals surface area contributed by atoms with Gasteiger partial charge in [-0.25, -0.2) is 4.98 Å². The molecule has 10 heteroatoms. The average molecular weight is 498 g/mol. The number of aromatic nitrogens is 3. The smallest absolute Gasteiger partial charge is 0.233 e.